The molecule has 0 saturated heterocycles. The highest BCUT2D eigenvalue weighted by atomic mass is 35.5. The molecule has 2 atom stereocenters. The summed E-state index contributed by atoms with van der Waals surface area (Å²) in [6.45, 7) is 1.95. The highest BCUT2D eigenvalue weighted by Crippen LogP contribution is 2.27. The smallest absolute Gasteiger partial charge is 0.346 e. The zero-order chi connectivity index (χ0) is 22.7. The fourth-order valence-corrected chi connectivity index (χ4v) is 4.07. The molecule has 3 aromatic carbocycles. The van der Waals surface area contributed by atoms with Crippen LogP contribution >= 0.6 is 23.2 Å². The first-order valence-electron chi connectivity index (χ1n) is 10.2. The molecule has 5 nitrogen and oxygen atoms in total. The number of hydrogen-bond acceptors (Lipinski definition) is 3. The van der Waals surface area contributed by atoms with Crippen molar-refractivity contribution in [2.75, 3.05) is 0 Å². The molecular weight excluding hydrogens is 445 g/mol. The quantitative estimate of drug-likeness (QED) is 0.401. The normalized spacial score (nSPS) is 13.0. The van der Waals surface area contributed by atoms with Gasteiger partial charge in [0.2, 0.25) is 0 Å². The molecule has 0 radical (unpaired) electrons. The van der Waals surface area contributed by atoms with E-state index in [4.69, 9.17) is 23.2 Å². The van der Waals surface area contributed by atoms with Crippen LogP contribution in [0.25, 0.3) is 10.9 Å². The van der Waals surface area contributed by atoms with Crippen molar-refractivity contribution < 1.29 is 4.79 Å². The van der Waals surface area contributed by atoms with Crippen LogP contribution in [-0.4, -0.2) is 21.9 Å². The molecule has 0 bridgehead atoms. The number of para-hydroxylation sites is 1. The number of fused-ring (bicyclic) bond motifs is 1. The Balaban J connectivity index is 1.64. The largest absolute Gasteiger partial charge is 0.348 e. The number of nitrogens with zero attached hydrogens (tertiary/aromatic N) is 1. The van der Waals surface area contributed by atoms with Crippen molar-refractivity contribution in [3.8, 4) is 0 Å². The number of rotatable bonds is 6. The summed E-state index contributed by atoms with van der Waals surface area (Å²) in [4.78, 5) is 31.7. The van der Waals surface area contributed by atoms with Gasteiger partial charge in [-0.1, -0.05) is 65.7 Å². The van der Waals surface area contributed by atoms with Gasteiger partial charge in [0.05, 0.1) is 5.52 Å². The molecule has 162 valence electrons. The minimum atomic E-state index is -0.558. The molecule has 1 heterocycles. The van der Waals surface area contributed by atoms with E-state index in [1.807, 2.05) is 55.5 Å². The number of aromatic amines is 1. The van der Waals surface area contributed by atoms with E-state index >= 15 is 0 Å². The van der Waals surface area contributed by atoms with Crippen LogP contribution in [0.4, 0.5) is 0 Å². The minimum Gasteiger partial charge on any atom is -0.348 e. The fraction of sp³-hybridized carbons (Fsp3) is 0.160. The Morgan fingerprint density at radius 2 is 1.59 bits per heavy atom. The Kier molecular flexibility index (Phi) is 6.58. The molecule has 0 spiro atoms. The van der Waals surface area contributed by atoms with E-state index in [9.17, 15) is 9.59 Å². The summed E-state index contributed by atoms with van der Waals surface area (Å²) in [5, 5.41) is 4.96. The van der Waals surface area contributed by atoms with Crippen molar-refractivity contribution in [1.29, 1.82) is 0 Å². The van der Waals surface area contributed by atoms with Crippen molar-refractivity contribution >= 4 is 40.0 Å². The molecule has 1 aromatic heterocycles. The van der Waals surface area contributed by atoms with Crippen molar-refractivity contribution in [2.24, 2.45) is 0 Å². The lowest BCUT2D eigenvalue weighted by Gasteiger charge is -2.26. The van der Waals surface area contributed by atoms with E-state index in [1.54, 1.807) is 24.3 Å². The monoisotopic (exact) mass is 465 g/mol. The molecule has 0 unspecified atom stereocenters. The SMILES string of the molecule is C[C@@H](NC(=O)c1nc(=O)[nH]c2ccccc12)[C@H](Cc1ccc(Cl)cc1)c1ccc(Cl)cc1. The standard InChI is InChI=1S/C25H21Cl2N3O2/c1-15(28-24(31)23-20-4-2-3-5-22(20)29-25(32)30-23)21(17-8-12-19(27)13-9-17)14-16-6-10-18(26)11-7-16/h2-13,15,21H,14H2,1H3,(H,28,31)(H,29,30,32)/t15-,21+/m1/s1. The molecule has 7 heteroatoms. The molecule has 32 heavy (non-hydrogen) atoms. The van der Waals surface area contributed by atoms with Gasteiger partial charge in [-0.15, -0.1) is 0 Å². The molecule has 4 aromatic rings. The Morgan fingerprint density at radius 3 is 2.28 bits per heavy atom. The summed E-state index contributed by atoms with van der Waals surface area (Å²) in [5.74, 6) is -0.430. The van der Waals surface area contributed by atoms with Crippen LogP contribution in [0, 0.1) is 0 Å². The summed E-state index contributed by atoms with van der Waals surface area (Å²) >= 11 is 12.1. The Hall–Kier alpha value is -3.15. The number of carbonyl (C=O) groups excluding carboxylic acids is 1. The van der Waals surface area contributed by atoms with Crippen molar-refractivity contribution in [3.63, 3.8) is 0 Å². The molecule has 0 aliphatic rings. The molecule has 0 saturated carbocycles. The summed E-state index contributed by atoms with van der Waals surface area (Å²) in [6, 6.07) is 22.1. The van der Waals surface area contributed by atoms with E-state index in [0.29, 0.717) is 27.4 Å². The Bertz CT molecular complexity index is 1300. The van der Waals surface area contributed by atoms with Gasteiger partial charge in [0.15, 0.2) is 0 Å². The van der Waals surface area contributed by atoms with Gasteiger partial charge in [-0.05, 0) is 54.8 Å². The maximum absolute atomic E-state index is 13.1. The van der Waals surface area contributed by atoms with E-state index in [0.717, 1.165) is 11.1 Å². The summed E-state index contributed by atoms with van der Waals surface area (Å²) in [7, 11) is 0. The fourth-order valence-electron chi connectivity index (χ4n) is 3.82. The average Bonchev–Trinajstić information content (AvgIpc) is 2.78. The second-order valence-corrected chi connectivity index (χ2v) is 8.56. The first-order valence-corrected chi connectivity index (χ1v) is 11.0. The number of H-pyrrole nitrogens is 1. The number of aromatic nitrogens is 2. The third kappa shape index (κ3) is 5.01. The molecule has 4 rings (SSSR count). The van der Waals surface area contributed by atoms with Crippen molar-refractivity contribution in [2.45, 2.75) is 25.3 Å². The van der Waals surface area contributed by atoms with Crippen LogP contribution in [0.5, 0.6) is 0 Å². The molecule has 2 N–H and O–H groups in total. The third-order valence-corrected chi connectivity index (χ3v) is 5.99. The molecule has 1 amide bonds. The second-order valence-electron chi connectivity index (χ2n) is 7.69. The lowest BCUT2D eigenvalue weighted by Crippen LogP contribution is -2.39. The van der Waals surface area contributed by atoms with Crippen LogP contribution in [-0.2, 0) is 6.42 Å². The van der Waals surface area contributed by atoms with Gasteiger partial charge < -0.3 is 10.3 Å². The predicted molar refractivity (Wildman–Crippen MR) is 129 cm³/mol. The second kappa shape index (κ2) is 9.55. The van der Waals surface area contributed by atoms with Gasteiger partial charge >= 0.3 is 5.69 Å². The first kappa shape index (κ1) is 22.1. The Morgan fingerprint density at radius 1 is 0.969 bits per heavy atom. The van der Waals surface area contributed by atoms with E-state index in [2.05, 4.69) is 15.3 Å². The molecule has 0 fully saturated rings. The molecule has 0 aliphatic heterocycles. The number of amides is 1. The number of carbonyl (C=O) groups is 1. The summed E-state index contributed by atoms with van der Waals surface area (Å²) in [5.41, 5.74) is 2.26. The van der Waals surface area contributed by atoms with Gasteiger partial charge in [0.1, 0.15) is 5.69 Å². The van der Waals surface area contributed by atoms with Gasteiger partial charge in [0, 0.05) is 27.4 Å². The highest BCUT2D eigenvalue weighted by Gasteiger charge is 2.24. The van der Waals surface area contributed by atoms with Crippen molar-refractivity contribution in [1.82, 2.24) is 15.3 Å². The maximum Gasteiger partial charge on any atom is 0.346 e. The zero-order valence-corrected chi connectivity index (χ0v) is 18.8. The van der Waals surface area contributed by atoms with Crippen LogP contribution in [0.15, 0.2) is 77.6 Å². The lowest BCUT2D eigenvalue weighted by molar-refractivity contribution is 0.0930. The van der Waals surface area contributed by atoms with Crippen LogP contribution in [0.3, 0.4) is 0 Å². The maximum atomic E-state index is 13.1. The van der Waals surface area contributed by atoms with Crippen LogP contribution < -0.4 is 11.0 Å². The van der Waals surface area contributed by atoms with Gasteiger partial charge in [-0.25, -0.2) is 4.79 Å². The number of benzene rings is 3. The number of halogens is 2. The van der Waals surface area contributed by atoms with Crippen LogP contribution in [0.1, 0.15) is 34.5 Å². The summed E-state index contributed by atoms with van der Waals surface area (Å²) < 4.78 is 0. The highest BCUT2D eigenvalue weighted by molar-refractivity contribution is 6.30. The lowest BCUT2D eigenvalue weighted by atomic mass is 9.86. The van der Waals surface area contributed by atoms with E-state index < -0.39 is 11.6 Å². The predicted octanol–water partition coefficient (Wildman–Crippen LogP) is 5.37. The zero-order valence-electron chi connectivity index (χ0n) is 17.3. The molecular formula is C25H21Cl2N3O2. The minimum absolute atomic E-state index is 0.0364. The van der Waals surface area contributed by atoms with Crippen LogP contribution in [0.2, 0.25) is 10.0 Å². The topological polar surface area (TPSA) is 74.8 Å². The van der Waals surface area contributed by atoms with Gasteiger partial charge in [-0.2, -0.15) is 4.98 Å². The van der Waals surface area contributed by atoms with Gasteiger partial charge in [-0.3, -0.25) is 4.79 Å². The van der Waals surface area contributed by atoms with Gasteiger partial charge in [0.25, 0.3) is 5.91 Å². The Labute approximate surface area is 195 Å². The third-order valence-electron chi connectivity index (χ3n) is 5.48. The van der Waals surface area contributed by atoms with E-state index in [1.165, 1.54) is 0 Å². The summed E-state index contributed by atoms with van der Waals surface area (Å²) in [6.07, 6.45) is 0.684. The number of hydrogen-bond donors (Lipinski definition) is 2. The van der Waals surface area contributed by atoms with E-state index in [-0.39, 0.29) is 17.7 Å². The number of nitrogens with one attached hydrogen (secondary N) is 2. The molecule has 0 aliphatic carbocycles. The average molecular weight is 466 g/mol. The first-order chi connectivity index (χ1) is 15.4. The van der Waals surface area contributed by atoms with Crippen molar-refractivity contribution in [3.05, 3.63) is 110 Å².